The Bertz CT molecular complexity index is 436. The smallest absolute Gasteiger partial charge is 0.126 e. The molecule has 2 heterocycles. The number of hydrogen-bond acceptors (Lipinski definition) is 6. The van der Waals surface area contributed by atoms with Crippen molar-refractivity contribution in [2.75, 3.05) is 24.1 Å². The van der Waals surface area contributed by atoms with Crippen molar-refractivity contribution < 1.29 is 0 Å². The fraction of sp³-hybridized carbons (Fsp3) is 0.333. The molecule has 1 aliphatic heterocycles. The Morgan fingerprint density at radius 1 is 1.28 bits per heavy atom. The van der Waals surface area contributed by atoms with Gasteiger partial charge in [0.25, 0.3) is 0 Å². The Hall–Kier alpha value is -2.08. The molecule has 1 aromatic heterocycles. The van der Waals surface area contributed by atoms with Crippen molar-refractivity contribution >= 4 is 17.7 Å². The zero-order chi connectivity index (χ0) is 12.8. The highest BCUT2D eigenvalue weighted by molar-refractivity contribution is 5.67. The summed E-state index contributed by atoms with van der Waals surface area (Å²) in [7, 11) is 0. The third-order valence-electron chi connectivity index (χ3n) is 2.51. The van der Waals surface area contributed by atoms with Crippen molar-refractivity contribution in [3.63, 3.8) is 0 Å². The largest absolute Gasteiger partial charge is 0.397 e. The highest BCUT2D eigenvalue weighted by Gasteiger charge is 2.03. The number of nitrogens with one attached hydrogen (secondary N) is 2. The fourth-order valence-corrected chi connectivity index (χ4v) is 1.55. The van der Waals surface area contributed by atoms with Crippen molar-refractivity contribution in [1.29, 1.82) is 0 Å². The van der Waals surface area contributed by atoms with Gasteiger partial charge >= 0.3 is 0 Å². The lowest BCUT2D eigenvalue weighted by atomic mass is 10.2. The number of hydrogen-bond donors (Lipinski definition) is 4. The molecule has 0 aliphatic carbocycles. The van der Waals surface area contributed by atoms with E-state index in [1.165, 1.54) is 0 Å². The number of aliphatic imine (C=N–C) groups is 1. The third-order valence-corrected chi connectivity index (χ3v) is 2.51. The van der Waals surface area contributed by atoms with E-state index in [2.05, 4.69) is 20.6 Å². The molecule has 0 bridgehead atoms. The van der Waals surface area contributed by atoms with Gasteiger partial charge in [-0.15, -0.1) is 0 Å². The van der Waals surface area contributed by atoms with E-state index in [0.29, 0.717) is 5.69 Å². The molecule has 18 heavy (non-hydrogen) atoms. The van der Waals surface area contributed by atoms with Gasteiger partial charge in [0, 0.05) is 25.3 Å². The normalized spacial score (nSPS) is 18.3. The molecule has 1 aliphatic rings. The Morgan fingerprint density at radius 3 is 2.78 bits per heavy atom. The van der Waals surface area contributed by atoms with Crippen LogP contribution >= 0.6 is 0 Å². The van der Waals surface area contributed by atoms with Crippen LogP contribution in [0.4, 0.5) is 11.5 Å². The van der Waals surface area contributed by atoms with Crippen LogP contribution in [0.2, 0.25) is 0 Å². The molecule has 0 saturated heterocycles. The van der Waals surface area contributed by atoms with Gasteiger partial charge in [-0.1, -0.05) is 0 Å². The molecule has 6 heteroatoms. The summed E-state index contributed by atoms with van der Waals surface area (Å²) in [5.41, 5.74) is 11.9. The highest BCUT2D eigenvalue weighted by atomic mass is 15.1. The van der Waals surface area contributed by atoms with E-state index in [4.69, 9.17) is 11.5 Å². The molecular formula is C12H18N6. The van der Waals surface area contributed by atoms with E-state index in [9.17, 15) is 0 Å². The van der Waals surface area contributed by atoms with E-state index >= 15 is 0 Å². The number of pyridine rings is 1. The molecule has 0 spiro atoms. The lowest BCUT2D eigenvalue weighted by molar-refractivity contribution is 0.768. The van der Waals surface area contributed by atoms with E-state index < -0.39 is 0 Å². The summed E-state index contributed by atoms with van der Waals surface area (Å²) >= 11 is 0. The Kier molecular flexibility index (Phi) is 4.14. The average Bonchev–Trinajstić information content (AvgIpc) is 2.39. The molecule has 0 fully saturated rings. The van der Waals surface area contributed by atoms with Gasteiger partial charge in [-0.05, 0) is 24.6 Å². The van der Waals surface area contributed by atoms with Crippen LogP contribution in [0.25, 0.3) is 0 Å². The van der Waals surface area contributed by atoms with Crippen LogP contribution in [0.5, 0.6) is 0 Å². The van der Waals surface area contributed by atoms with Gasteiger partial charge in [0.05, 0.1) is 11.9 Å². The first-order valence-corrected chi connectivity index (χ1v) is 5.93. The number of rotatable bonds is 5. The Labute approximate surface area is 106 Å². The molecule has 6 N–H and O–H groups in total. The molecule has 0 saturated carbocycles. The minimum Gasteiger partial charge on any atom is -0.397 e. The van der Waals surface area contributed by atoms with Crippen molar-refractivity contribution in [3.8, 4) is 0 Å². The van der Waals surface area contributed by atoms with E-state index in [-0.39, 0.29) is 6.04 Å². The number of nitrogens with zero attached hydrogens (tertiary/aromatic N) is 2. The summed E-state index contributed by atoms with van der Waals surface area (Å²) in [6.07, 6.45) is 6.23. The standard InChI is InChI=1S/C12H18N6/c13-9-1-3-11(17-7-9)15-5-6-16-12-4-2-10(14)8-18-12/h1,3-4,7-8,10,16H,2,5-6,13-14H2,(H,15,17). The lowest BCUT2D eigenvalue weighted by Crippen LogP contribution is -2.27. The maximum absolute atomic E-state index is 5.69. The number of nitrogen functional groups attached to an aromatic ring is 1. The Balaban J connectivity index is 1.67. The van der Waals surface area contributed by atoms with Gasteiger partial charge in [0.15, 0.2) is 0 Å². The topological polar surface area (TPSA) is 101 Å². The second kappa shape index (κ2) is 6.02. The third kappa shape index (κ3) is 3.74. The van der Waals surface area contributed by atoms with E-state index in [1.54, 1.807) is 12.4 Å². The second-order valence-corrected chi connectivity index (χ2v) is 4.10. The van der Waals surface area contributed by atoms with Crippen LogP contribution < -0.4 is 22.1 Å². The first-order chi connectivity index (χ1) is 8.74. The zero-order valence-corrected chi connectivity index (χ0v) is 10.1. The fourth-order valence-electron chi connectivity index (χ4n) is 1.55. The summed E-state index contributed by atoms with van der Waals surface area (Å²) in [5.74, 6) is 1.69. The molecule has 1 atom stereocenters. The quantitative estimate of drug-likeness (QED) is 0.560. The van der Waals surface area contributed by atoms with Gasteiger partial charge < -0.3 is 22.1 Å². The molecule has 0 radical (unpaired) electrons. The number of anilines is 2. The van der Waals surface area contributed by atoms with Gasteiger partial charge in [-0.2, -0.15) is 0 Å². The minimum absolute atomic E-state index is 0.0488. The maximum atomic E-state index is 5.69. The monoisotopic (exact) mass is 246 g/mol. The predicted molar refractivity (Wildman–Crippen MR) is 74.3 cm³/mol. The van der Waals surface area contributed by atoms with Gasteiger partial charge in [0.2, 0.25) is 0 Å². The molecule has 96 valence electrons. The SMILES string of the molecule is Nc1ccc(NCCNC2=CCC(N)C=N2)nc1. The zero-order valence-electron chi connectivity index (χ0n) is 10.1. The predicted octanol–water partition coefficient (Wildman–Crippen LogP) is 0.309. The van der Waals surface area contributed by atoms with Crippen LogP contribution in [0.3, 0.4) is 0 Å². The summed E-state index contributed by atoms with van der Waals surface area (Å²) in [4.78, 5) is 8.35. The first-order valence-electron chi connectivity index (χ1n) is 5.93. The first kappa shape index (κ1) is 12.4. The molecule has 2 rings (SSSR count). The summed E-state index contributed by atoms with van der Waals surface area (Å²) in [6.45, 7) is 1.53. The average molecular weight is 246 g/mol. The van der Waals surface area contributed by atoms with Gasteiger partial charge in [0.1, 0.15) is 11.6 Å². The van der Waals surface area contributed by atoms with Crippen molar-refractivity contribution in [1.82, 2.24) is 10.3 Å². The molecule has 0 amide bonds. The summed E-state index contributed by atoms with van der Waals surface area (Å²) < 4.78 is 0. The number of nitrogens with two attached hydrogens (primary N) is 2. The molecule has 0 aromatic carbocycles. The minimum atomic E-state index is 0.0488. The molecule has 6 nitrogen and oxygen atoms in total. The summed E-state index contributed by atoms with van der Waals surface area (Å²) in [6, 6.07) is 3.72. The highest BCUT2D eigenvalue weighted by Crippen LogP contribution is 2.05. The maximum Gasteiger partial charge on any atom is 0.126 e. The molecule has 1 aromatic rings. The van der Waals surface area contributed by atoms with Crippen LogP contribution in [0.1, 0.15) is 6.42 Å². The van der Waals surface area contributed by atoms with Gasteiger partial charge in [-0.25, -0.2) is 9.98 Å². The van der Waals surface area contributed by atoms with Crippen molar-refractivity contribution in [2.45, 2.75) is 12.5 Å². The number of aromatic nitrogens is 1. The van der Waals surface area contributed by atoms with Crippen molar-refractivity contribution in [2.24, 2.45) is 10.7 Å². The lowest BCUT2D eigenvalue weighted by Gasteiger charge is -2.13. The summed E-state index contributed by atoms with van der Waals surface area (Å²) in [5, 5.41) is 6.40. The Morgan fingerprint density at radius 2 is 2.11 bits per heavy atom. The van der Waals surface area contributed by atoms with Crippen LogP contribution in [-0.2, 0) is 0 Å². The molecule has 1 unspecified atom stereocenters. The second-order valence-electron chi connectivity index (χ2n) is 4.10. The molecular weight excluding hydrogens is 228 g/mol. The van der Waals surface area contributed by atoms with Crippen LogP contribution in [0.15, 0.2) is 35.2 Å². The van der Waals surface area contributed by atoms with E-state index in [0.717, 1.165) is 31.1 Å². The van der Waals surface area contributed by atoms with Crippen molar-refractivity contribution in [3.05, 3.63) is 30.2 Å². The van der Waals surface area contributed by atoms with Crippen LogP contribution in [-0.4, -0.2) is 30.3 Å². The van der Waals surface area contributed by atoms with Gasteiger partial charge in [-0.3, -0.25) is 0 Å². The van der Waals surface area contributed by atoms with Crippen LogP contribution in [0, 0.1) is 0 Å². The van der Waals surface area contributed by atoms with E-state index in [1.807, 2.05) is 18.2 Å².